The fraction of sp³-hybridized carbons (Fsp3) is 0.111. The van der Waals surface area contributed by atoms with E-state index in [9.17, 15) is 14.3 Å². The highest BCUT2D eigenvalue weighted by atomic mass is 32.1. The van der Waals surface area contributed by atoms with Crippen molar-refractivity contribution in [3.05, 3.63) is 65.0 Å². The summed E-state index contributed by atoms with van der Waals surface area (Å²) in [5.74, 6) is -1.25. The maximum atomic E-state index is 13.2. The number of aromatic nitrogens is 1. The molecule has 23 heavy (non-hydrogen) atoms. The molecule has 0 amide bonds. The zero-order chi connectivity index (χ0) is 16.4. The molecule has 3 aromatic rings. The predicted molar refractivity (Wildman–Crippen MR) is 89.3 cm³/mol. The number of hydrogen-bond acceptors (Lipinski definition) is 3. The first-order valence-corrected chi connectivity index (χ1v) is 7.98. The molecule has 0 unspecified atom stereocenters. The van der Waals surface area contributed by atoms with Crippen LogP contribution in [0.25, 0.3) is 21.6 Å². The van der Waals surface area contributed by atoms with Gasteiger partial charge in [0.05, 0.1) is 0 Å². The molecule has 116 valence electrons. The van der Waals surface area contributed by atoms with E-state index < -0.39 is 5.97 Å². The van der Waals surface area contributed by atoms with Gasteiger partial charge in [-0.3, -0.25) is 4.98 Å². The van der Waals surface area contributed by atoms with E-state index >= 15 is 0 Å². The fourth-order valence-electron chi connectivity index (χ4n) is 2.60. The minimum absolute atomic E-state index is 0.315. The van der Waals surface area contributed by atoms with E-state index in [1.54, 1.807) is 24.5 Å². The second-order valence-corrected chi connectivity index (χ2v) is 6.04. The number of benzene rings is 1. The number of aromatic carboxylic acids is 1. The standard InChI is InChI=1S/C18H14FNO2S/c1-2-14-15(11-7-9-20-10-8-11)16(23-17(14)18(21)22)12-3-5-13(19)6-4-12/h3-10H,2H2,1H3,(H,21,22). The first kappa shape index (κ1) is 15.4. The van der Waals surface area contributed by atoms with Crippen molar-refractivity contribution >= 4 is 17.3 Å². The van der Waals surface area contributed by atoms with Crippen molar-refractivity contribution in [3.8, 4) is 21.6 Å². The lowest BCUT2D eigenvalue weighted by Crippen LogP contribution is -1.97. The van der Waals surface area contributed by atoms with Crippen LogP contribution < -0.4 is 0 Å². The second kappa shape index (κ2) is 6.30. The summed E-state index contributed by atoms with van der Waals surface area (Å²) in [6, 6.07) is 9.85. The number of nitrogens with zero attached hydrogens (tertiary/aromatic N) is 1. The first-order chi connectivity index (χ1) is 11.1. The Morgan fingerprint density at radius 3 is 2.35 bits per heavy atom. The van der Waals surface area contributed by atoms with Crippen molar-refractivity contribution in [2.24, 2.45) is 0 Å². The average molecular weight is 327 g/mol. The van der Waals surface area contributed by atoms with E-state index in [1.807, 2.05) is 19.1 Å². The molecule has 1 N–H and O–H groups in total. The van der Waals surface area contributed by atoms with Gasteiger partial charge in [0.1, 0.15) is 10.7 Å². The Balaban J connectivity index is 2.30. The SMILES string of the molecule is CCc1c(C(=O)O)sc(-c2ccc(F)cc2)c1-c1ccncc1. The summed E-state index contributed by atoms with van der Waals surface area (Å²) in [6.07, 6.45) is 3.97. The van der Waals surface area contributed by atoms with Gasteiger partial charge in [0.25, 0.3) is 0 Å². The Bertz CT molecular complexity index is 841. The molecule has 2 heterocycles. The summed E-state index contributed by atoms with van der Waals surface area (Å²) in [7, 11) is 0. The minimum Gasteiger partial charge on any atom is -0.477 e. The molecule has 0 bridgehead atoms. The number of carbonyl (C=O) groups is 1. The van der Waals surface area contributed by atoms with Gasteiger partial charge >= 0.3 is 5.97 Å². The van der Waals surface area contributed by atoms with Crippen LogP contribution in [0.4, 0.5) is 4.39 Å². The number of carboxylic acids is 1. The lowest BCUT2D eigenvalue weighted by molar-refractivity contribution is 0.0701. The largest absolute Gasteiger partial charge is 0.477 e. The molecule has 0 spiro atoms. The van der Waals surface area contributed by atoms with E-state index in [-0.39, 0.29) is 5.82 Å². The van der Waals surface area contributed by atoms with Gasteiger partial charge in [0.15, 0.2) is 0 Å². The van der Waals surface area contributed by atoms with Crippen molar-refractivity contribution in [1.82, 2.24) is 4.98 Å². The van der Waals surface area contributed by atoms with Crippen molar-refractivity contribution in [1.29, 1.82) is 0 Å². The van der Waals surface area contributed by atoms with Crippen LogP contribution in [0.2, 0.25) is 0 Å². The smallest absolute Gasteiger partial charge is 0.346 e. The van der Waals surface area contributed by atoms with E-state index in [0.717, 1.165) is 27.1 Å². The molecule has 0 saturated heterocycles. The van der Waals surface area contributed by atoms with E-state index in [0.29, 0.717) is 11.3 Å². The molecule has 5 heteroatoms. The van der Waals surface area contributed by atoms with Crippen LogP contribution in [0.1, 0.15) is 22.2 Å². The molecule has 0 radical (unpaired) electrons. The number of carboxylic acid groups (broad SMARTS) is 1. The summed E-state index contributed by atoms with van der Waals surface area (Å²) in [6.45, 7) is 1.94. The quantitative estimate of drug-likeness (QED) is 0.743. The molecule has 2 aromatic heterocycles. The molecule has 1 aromatic carbocycles. The van der Waals surface area contributed by atoms with Crippen LogP contribution in [-0.4, -0.2) is 16.1 Å². The molecule has 0 aliphatic rings. The van der Waals surface area contributed by atoms with Crippen LogP contribution in [-0.2, 0) is 6.42 Å². The van der Waals surface area contributed by atoms with Crippen molar-refractivity contribution in [2.45, 2.75) is 13.3 Å². The molecule has 3 rings (SSSR count). The lowest BCUT2D eigenvalue weighted by Gasteiger charge is -2.07. The van der Waals surface area contributed by atoms with Gasteiger partial charge in [-0.05, 0) is 47.4 Å². The van der Waals surface area contributed by atoms with Crippen LogP contribution >= 0.6 is 11.3 Å². The van der Waals surface area contributed by atoms with Crippen LogP contribution in [0, 0.1) is 5.82 Å². The van der Waals surface area contributed by atoms with Crippen molar-refractivity contribution < 1.29 is 14.3 Å². The summed E-state index contributed by atoms with van der Waals surface area (Å²) in [5.41, 5.74) is 3.42. The van der Waals surface area contributed by atoms with Gasteiger partial charge in [0.2, 0.25) is 0 Å². The molecule has 0 saturated carbocycles. The summed E-state index contributed by atoms with van der Waals surface area (Å²) in [5, 5.41) is 9.51. The summed E-state index contributed by atoms with van der Waals surface area (Å²) >= 11 is 1.23. The predicted octanol–water partition coefficient (Wildman–Crippen LogP) is 4.88. The van der Waals surface area contributed by atoms with Gasteiger partial charge in [-0.1, -0.05) is 19.1 Å². The zero-order valence-electron chi connectivity index (χ0n) is 12.4. The highest BCUT2D eigenvalue weighted by molar-refractivity contribution is 7.18. The Kier molecular flexibility index (Phi) is 4.21. The van der Waals surface area contributed by atoms with Crippen molar-refractivity contribution in [3.63, 3.8) is 0 Å². The number of thiophene rings is 1. The Morgan fingerprint density at radius 1 is 1.13 bits per heavy atom. The van der Waals surface area contributed by atoms with Gasteiger partial charge in [-0.25, -0.2) is 9.18 Å². The highest BCUT2D eigenvalue weighted by Gasteiger charge is 2.23. The third kappa shape index (κ3) is 2.87. The molecular weight excluding hydrogens is 313 g/mol. The Hall–Kier alpha value is -2.53. The Labute approximate surface area is 137 Å². The molecule has 0 aliphatic carbocycles. The average Bonchev–Trinajstić information content (AvgIpc) is 2.96. The van der Waals surface area contributed by atoms with E-state index in [4.69, 9.17) is 0 Å². The zero-order valence-corrected chi connectivity index (χ0v) is 13.2. The number of pyridine rings is 1. The van der Waals surface area contributed by atoms with E-state index in [1.165, 1.54) is 23.5 Å². The fourth-order valence-corrected chi connectivity index (χ4v) is 3.86. The number of hydrogen-bond donors (Lipinski definition) is 1. The first-order valence-electron chi connectivity index (χ1n) is 7.17. The summed E-state index contributed by atoms with van der Waals surface area (Å²) < 4.78 is 13.2. The van der Waals surface area contributed by atoms with Gasteiger partial charge in [-0.15, -0.1) is 11.3 Å². The molecule has 0 fully saturated rings. The maximum Gasteiger partial charge on any atom is 0.346 e. The molecule has 0 atom stereocenters. The second-order valence-electron chi connectivity index (χ2n) is 5.02. The lowest BCUT2D eigenvalue weighted by atomic mass is 9.96. The third-order valence-corrected chi connectivity index (χ3v) is 4.90. The van der Waals surface area contributed by atoms with Gasteiger partial charge in [-0.2, -0.15) is 0 Å². The molecular formula is C18H14FNO2S. The van der Waals surface area contributed by atoms with E-state index in [2.05, 4.69) is 4.98 Å². The molecule has 0 aliphatic heterocycles. The monoisotopic (exact) mass is 327 g/mol. The number of rotatable bonds is 4. The normalized spacial score (nSPS) is 10.7. The Morgan fingerprint density at radius 2 is 1.78 bits per heavy atom. The maximum absolute atomic E-state index is 13.2. The van der Waals surface area contributed by atoms with Crippen LogP contribution in [0.5, 0.6) is 0 Å². The highest BCUT2D eigenvalue weighted by Crippen LogP contribution is 2.43. The van der Waals surface area contributed by atoms with Gasteiger partial charge < -0.3 is 5.11 Å². The minimum atomic E-state index is -0.935. The topological polar surface area (TPSA) is 50.2 Å². The summed E-state index contributed by atoms with van der Waals surface area (Å²) in [4.78, 5) is 16.8. The molecule has 3 nitrogen and oxygen atoms in total. The third-order valence-electron chi connectivity index (χ3n) is 3.63. The van der Waals surface area contributed by atoms with Gasteiger partial charge in [0, 0.05) is 22.8 Å². The van der Waals surface area contributed by atoms with Crippen LogP contribution in [0.15, 0.2) is 48.8 Å². The number of halogens is 1. The van der Waals surface area contributed by atoms with Crippen LogP contribution in [0.3, 0.4) is 0 Å². The van der Waals surface area contributed by atoms with Crippen molar-refractivity contribution in [2.75, 3.05) is 0 Å².